The summed E-state index contributed by atoms with van der Waals surface area (Å²) in [6.07, 6.45) is -20.0. The molecule has 0 amide bonds. The Morgan fingerprint density at radius 1 is 0.804 bits per heavy atom. The topological polar surface area (TPSA) is 277 Å². The first kappa shape index (κ1) is 41.9. The van der Waals surface area contributed by atoms with Crippen LogP contribution >= 0.6 is 0 Å². The minimum atomic E-state index is -1.78. The van der Waals surface area contributed by atoms with Crippen molar-refractivity contribution in [3.05, 3.63) is 63.8 Å². The first-order valence-corrected chi connectivity index (χ1v) is 18.0. The van der Waals surface area contributed by atoms with E-state index in [1.54, 1.807) is 24.3 Å². The Morgan fingerprint density at radius 3 is 2.16 bits per heavy atom. The lowest BCUT2D eigenvalue weighted by atomic mass is 9.99. The maximum atomic E-state index is 14.6. The Hall–Kier alpha value is -3.73. The normalized spacial score (nSPS) is 34.9. The lowest BCUT2D eigenvalue weighted by Gasteiger charge is -2.44. The first-order valence-electron chi connectivity index (χ1n) is 18.0. The number of benzene rings is 2. The van der Waals surface area contributed by atoms with Gasteiger partial charge in [-0.2, -0.15) is 0 Å². The van der Waals surface area contributed by atoms with Crippen molar-refractivity contribution in [1.82, 2.24) is 0 Å². The molecule has 308 valence electrons. The Bertz CT molecular complexity index is 1890. The second kappa shape index (κ2) is 17.4. The van der Waals surface area contributed by atoms with Crippen LogP contribution in [0.15, 0.2) is 57.3 Å². The van der Waals surface area contributed by atoms with Gasteiger partial charge in [-0.3, -0.25) is 4.79 Å². The van der Waals surface area contributed by atoms with E-state index < -0.39 is 110 Å². The Morgan fingerprint density at radius 2 is 1.50 bits per heavy atom. The highest BCUT2D eigenvalue weighted by molar-refractivity contribution is 5.86. The third kappa shape index (κ3) is 8.30. The fourth-order valence-corrected chi connectivity index (χ4v) is 6.63. The largest absolute Gasteiger partial charge is 0.497 e. The number of aliphatic hydroxyl groups excluding tert-OH is 9. The summed E-state index contributed by atoms with van der Waals surface area (Å²) in [6, 6.07) is 9.19. The van der Waals surface area contributed by atoms with Crippen LogP contribution in [0.3, 0.4) is 0 Å². The molecule has 3 saturated heterocycles. The fourth-order valence-electron chi connectivity index (χ4n) is 6.63. The summed E-state index contributed by atoms with van der Waals surface area (Å²) in [5.74, 6) is 0.0162. The molecular weight excluding hydrogens is 744 g/mol. The number of methoxy groups -OCH3 is 1. The predicted octanol–water partition coefficient (Wildman–Crippen LogP) is -1.17. The minimum absolute atomic E-state index is 0.0133. The van der Waals surface area contributed by atoms with Gasteiger partial charge in [-0.15, -0.1) is 0 Å². The summed E-state index contributed by atoms with van der Waals surface area (Å²) in [5, 5.41) is 93.8. The van der Waals surface area contributed by atoms with Gasteiger partial charge in [-0.25, -0.2) is 0 Å². The van der Waals surface area contributed by atoms with Crippen LogP contribution in [-0.4, -0.2) is 152 Å². The van der Waals surface area contributed by atoms with Crippen LogP contribution in [0.5, 0.6) is 17.2 Å². The number of rotatable bonds is 11. The third-order valence-corrected chi connectivity index (χ3v) is 10.0. The monoisotopic (exact) mass is 792 g/mol. The van der Waals surface area contributed by atoms with Crippen LogP contribution in [-0.2, 0) is 25.4 Å². The third-order valence-electron chi connectivity index (χ3n) is 10.0. The van der Waals surface area contributed by atoms with Gasteiger partial charge in [-0.1, -0.05) is 11.6 Å². The highest BCUT2D eigenvalue weighted by Crippen LogP contribution is 2.39. The number of hydrogen-bond acceptors (Lipinski definition) is 18. The van der Waals surface area contributed by atoms with Gasteiger partial charge in [0.1, 0.15) is 72.0 Å². The number of aliphatic hydroxyl groups is 9. The van der Waals surface area contributed by atoms with Crippen LogP contribution in [0, 0.1) is 0 Å². The van der Waals surface area contributed by atoms with Crippen molar-refractivity contribution < 1.29 is 83.5 Å². The number of ether oxygens (including phenoxy) is 7. The van der Waals surface area contributed by atoms with Crippen molar-refractivity contribution in [2.24, 2.45) is 0 Å². The Labute approximate surface area is 320 Å². The molecule has 56 heavy (non-hydrogen) atoms. The van der Waals surface area contributed by atoms with Gasteiger partial charge >= 0.3 is 0 Å². The molecule has 14 atom stereocenters. The Kier molecular flexibility index (Phi) is 13.0. The standard InChI is InChI=1S/C38H48O18/c1-15(2)5-10-19-22(52-37-31(48)28(45)27(44)23(13-39)53-37)12-11-20-25(42)34(32(54-33(19)20)17-6-8-18(49-4)9-7-17)55-38-35(29(46)24(41)16(3)51-38)56-36-30(47)26(43)21(40)14-50-36/h5-9,11-12,16,21,23-24,26-31,35-41,43-48H,10,13-14H2,1-4H3/t16-,21-,23-,24-,26-,27-,28+,29-,30-,31-,35-,36+,37-,38+/m1/s1. The molecule has 0 saturated carbocycles. The zero-order chi connectivity index (χ0) is 40.6. The summed E-state index contributed by atoms with van der Waals surface area (Å²) < 4.78 is 46.8. The van der Waals surface area contributed by atoms with Crippen molar-refractivity contribution in [1.29, 1.82) is 0 Å². The molecule has 1 aromatic heterocycles. The summed E-state index contributed by atoms with van der Waals surface area (Å²) in [6.45, 7) is 4.05. The van der Waals surface area contributed by atoms with E-state index in [2.05, 4.69) is 0 Å². The summed E-state index contributed by atoms with van der Waals surface area (Å²) in [4.78, 5) is 14.6. The molecule has 0 bridgehead atoms. The van der Waals surface area contributed by atoms with Crippen LogP contribution < -0.4 is 19.6 Å². The number of hydrogen-bond donors (Lipinski definition) is 9. The smallest absolute Gasteiger partial charge is 0.235 e. The van der Waals surface area contributed by atoms with Crippen molar-refractivity contribution >= 4 is 11.0 Å². The molecule has 18 heteroatoms. The van der Waals surface area contributed by atoms with Crippen molar-refractivity contribution in [3.8, 4) is 28.6 Å². The van der Waals surface area contributed by atoms with E-state index in [4.69, 9.17) is 37.6 Å². The van der Waals surface area contributed by atoms with Crippen LogP contribution in [0.25, 0.3) is 22.3 Å². The SMILES string of the molecule is COc1ccc(-c2oc3c(CC=C(C)C)c(O[C@@H]4O[C@H](CO)[C@@H](O)[C@H](O)[C@H]4O)ccc3c(=O)c2O[C@@H]2O[C@H](C)[C@@H](O)[C@@H](O)[C@H]2O[C@@H]2OC[C@@H](O)[C@@H](O)[C@H]2O)cc1. The molecule has 18 nitrogen and oxygen atoms in total. The zero-order valence-electron chi connectivity index (χ0n) is 30.9. The van der Waals surface area contributed by atoms with Crippen molar-refractivity contribution in [2.45, 2.75) is 113 Å². The second-order valence-electron chi connectivity index (χ2n) is 14.2. The maximum Gasteiger partial charge on any atom is 0.235 e. The van der Waals surface area contributed by atoms with Crippen LogP contribution in [0.1, 0.15) is 26.3 Å². The second-order valence-corrected chi connectivity index (χ2v) is 14.2. The van der Waals surface area contributed by atoms with Gasteiger partial charge < -0.3 is 83.5 Å². The molecule has 3 aliphatic rings. The predicted molar refractivity (Wildman–Crippen MR) is 192 cm³/mol. The number of allylic oxidation sites excluding steroid dienone is 2. The highest BCUT2D eigenvalue weighted by atomic mass is 16.8. The molecule has 2 aromatic carbocycles. The van der Waals surface area contributed by atoms with Gasteiger partial charge in [0.05, 0.1) is 31.8 Å². The average Bonchev–Trinajstić information content (AvgIpc) is 3.18. The maximum absolute atomic E-state index is 14.6. The molecule has 4 heterocycles. The van der Waals surface area contributed by atoms with Gasteiger partial charge in [0.2, 0.25) is 23.8 Å². The summed E-state index contributed by atoms with van der Waals surface area (Å²) >= 11 is 0. The van der Waals surface area contributed by atoms with E-state index in [0.717, 1.165) is 5.57 Å². The van der Waals surface area contributed by atoms with Gasteiger partial charge in [-0.05, 0) is 63.6 Å². The van der Waals surface area contributed by atoms with Gasteiger partial charge in [0.25, 0.3) is 0 Å². The van der Waals surface area contributed by atoms with Crippen LogP contribution in [0.4, 0.5) is 0 Å². The Balaban J connectivity index is 1.47. The number of fused-ring (bicyclic) bond motifs is 1. The summed E-state index contributed by atoms with van der Waals surface area (Å²) in [7, 11) is 1.47. The molecule has 3 aromatic rings. The molecule has 3 aliphatic heterocycles. The van der Waals surface area contributed by atoms with E-state index >= 15 is 0 Å². The molecule has 9 N–H and O–H groups in total. The quantitative estimate of drug-likeness (QED) is 0.103. The van der Waals surface area contributed by atoms with E-state index in [-0.39, 0.29) is 28.9 Å². The van der Waals surface area contributed by atoms with Crippen molar-refractivity contribution in [3.63, 3.8) is 0 Å². The average molecular weight is 793 g/mol. The summed E-state index contributed by atoms with van der Waals surface area (Å²) in [5.41, 5.74) is 0.824. The van der Waals surface area contributed by atoms with Crippen LogP contribution in [0.2, 0.25) is 0 Å². The molecule has 0 spiro atoms. The minimum Gasteiger partial charge on any atom is -0.497 e. The molecule has 6 rings (SSSR count). The lowest BCUT2D eigenvalue weighted by Crippen LogP contribution is -2.62. The fraction of sp³-hybridized carbons (Fsp3) is 0.553. The molecular formula is C38H48O18. The van der Waals surface area contributed by atoms with E-state index in [0.29, 0.717) is 16.9 Å². The lowest BCUT2D eigenvalue weighted by molar-refractivity contribution is -0.341. The first-order chi connectivity index (χ1) is 26.6. The van der Waals surface area contributed by atoms with Gasteiger partial charge in [0.15, 0.2) is 18.2 Å². The molecule has 0 aliphatic carbocycles. The van der Waals surface area contributed by atoms with E-state index in [1.807, 2.05) is 19.9 Å². The molecule has 0 unspecified atom stereocenters. The molecule has 0 radical (unpaired) electrons. The highest BCUT2D eigenvalue weighted by Gasteiger charge is 2.50. The van der Waals surface area contributed by atoms with Gasteiger partial charge in [0, 0.05) is 11.1 Å². The van der Waals surface area contributed by atoms with E-state index in [1.165, 1.54) is 26.2 Å². The molecule has 3 fully saturated rings. The van der Waals surface area contributed by atoms with Crippen molar-refractivity contribution in [2.75, 3.05) is 20.3 Å². The zero-order valence-corrected chi connectivity index (χ0v) is 30.9. The van der Waals surface area contributed by atoms with E-state index in [9.17, 15) is 50.8 Å².